The van der Waals surface area contributed by atoms with Crippen molar-refractivity contribution in [3.63, 3.8) is 0 Å². The lowest BCUT2D eigenvalue weighted by atomic mass is 9.94. The predicted octanol–water partition coefficient (Wildman–Crippen LogP) is 19.5. The number of carbonyl (C=O) groups excluding carboxylic acids is 6. The fourth-order valence-corrected chi connectivity index (χ4v) is 23.3. The number of hydrogen-bond acceptors (Lipinski definition) is 30. The van der Waals surface area contributed by atoms with Gasteiger partial charge in [-0.1, -0.05) is 109 Å². The van der Waals surface area contributed by atoms with E-state index in [9.17, 15) is 28.8 Å². The largest absolute Gasteiger partial charge is 0.490 e. The number of hydrogen-bond donors (Lipinski definition) is 7. The van der Waals surface area contributed by atoms with Gasteiger partial charge in [-0.3, -0.25) is 33.9 Å². The summed E-state index contributed by atoms with van der Waals surface area (Å²) in [4.78, 5) is 109. The minimum absolute atomic E-state index is 0. The molecular formula is C97H105Br3ClN21O12S5. The smallest absolute Gasteiger partial charge is 0.270 e. The van der Waals surface area contributed by atoms with Crippen molar-refractivity contribution in [3.05, 3.63) is 207 Å². The van der Waals surface area contributed by atoms with Crippen molar-refractivity contribution >= 4 is 201 Å². The van der Waals surface area contributed by atoms with Gasteiger partial charge in [-0.15, -0.1) is 23.7 Å². The second-order valence-electron chi connectivity index (χ2n) is 36.9. The molecule has 0 radical (unpaired) electrons. The molecule has 10 aliphatic heterocycles. The van der Waals surface area contributed by atoms with Crippen LogP contribution in [0.3, 0.4) is 0 Å². The number of anilines is 9. The number of rotatable bonds is 11. The number of H-pyrrole nitrogens is 1. The number of allylic oxidation sites excluding steroid dienone is 1. The summed E-state index contributed by atoms with van der Waals surface area (Å²) in [7, 11) is 0. The van der Waals surface area contributed by atoms with Crippen molar-refractivity contribution in [2.24, 2.45) is 0 Å². The Morgan fingerprint density at radius 2 is 0.806 bits per heavy atom. The molecule has 7 N–H and O–H groups in total. The molecule has 139 heavy (non-hydrogen) atoms. The molecule has 10 aliphatic rings. The molecule has 42 heteroatoms. The molecule has 0 saturated heterocycles. The summed E-state index contributed by atoms with van der Waals surface area (Å²) in [6, 6.07) is 30.0. The van der Waals surface area contributed by atoms with E-state index < -0.39 is 0 Å². The molecule has 13 aromatic rings. The lowest BCUT2D eigenvalue weighted by Crippen LogP contribution is -2.48. The molecule has 1 unspecified atom stereocenters. The Labute approximate surface area is 855 Å². The molecule has 23 rings (SSSR count). The number of aromatic nitrogens is 11. The van der Waals surface area contributed by atoms with Gasteiger partial charge in [0.25, 0.3) is 35.4 Å². The van der Waals surface area contributed by atoms with E-state index in [-0.39, 0.29) is 89.2 Å². The number of amides is 5. The first-order valence-corrected chi connectivity index (χ1v) is 51.1. The maximum atomic E-state index is 12.6. The summed E-state index contributed by atoms with van der Waals surface area (Å²) < 4.78 is 40.3. The molecule has 0 saturated carbocycles. The van der Waals surface area contributed by atoms with E-state index in [4.69, 9.17) is 48.4 Å². The Kier molecular flexibility index (Phi) is 29.5. The lowest BCUT2D eigenvalue weighted by molar-refractivity contribution is 0.0160. The van der Waals surface area contributed by atoms with E-state index in [0.717, 1.165) is 208 Å². The maximum absolute atomic E-state index is 12.6. The number of carbonyl (C=O) groups is 6. The number of ether oxygens (including phenoxy) is 6. The fraction of sp³-hybridized carbons (Fsp3) is 0.361. The van der Waals surface area contributed by atoms with E-state index in [1.807, 2.05) is 185 Å². The Hall–Kier alpha value is -11.7. The van der Waals surface area contributed by atoms with Crippen LogP contribution in [0.2, 0.25) is 0 Å². The van der Waals surface area contributed by atoms with Gasteiger partial charge in [0.2, 0.25) is 0 Å². The molecule has 5 aromatic carbocycles. The van der Waals surface area contributed by atoms with Crippen LogP contribution in [0.5, 0.6) is 28.7 Å². The van der Waals surface area contributed by atoms with Gasteiger partial charge in [0, 0.05) is 117 Å². The zero-order valence-electron chi connectivity index (χ0n) is 77.5. The fourth-order valence-electron chi connectivity index (χ4n) is 17.2. The molecular weight excluding hydrogens is 2090 g/mol. The van der Waals surface area contributed by atoms with Crippen LogP contribution in [-0.2, 0) is 36.8 Å². The average molecular weight is 2190 g/mol. The highest BCUT2D eigenvalue weighted by molar-refractivity contribution is 9.11. The van der Waals surface area contributed by atoms with Crippen molar-refractivity contribution in [2.75, 3.05) is 97.3 Å². The summed E-state index contributed by atoms with van der Waals surface area (Å²) in [5.41, 5.74) is 13.8. The number of aromatic amines is 1. The molecule has 5 amide bonds. The third-order valence-electron chi connectivity index (χ3n) is 23.4. The molecule has 728 valence electrons. The average Bonchev–Trinajstić information content (AvgIpc) is 1.64. The van der Waals surface area contributed by atoms with Crippen LogP contribution in [0.1, 0.15) is 178 Å². The highest BCUT2D eigenvalue weighted by Gasteiger charge is 2.41. The van der Waals surface area contributed by atoms with Crippen LogP contribution >= 0.6 is 117 Å². The Morgan fingerprint density at radius 1 is 0.453 bits per heavy atom. The Balaban J connectivity index is 0.000000124. The zero-order valence-corrected chi connectivity index (χ0v) is 87.2. The van der Waals surface area contributed by atoms with Gasteiger partial charge in [-0.25, -0.2) is 34.3 Å². The van der Waals surface area contributed by atoms with Gasteiger partial charge in [-0.2, -0.15) is 15.3 Å². The summed E-state index contributed by atoms with van der Waals surface area (Å²) in [5, 5.41) is 37.1. The second-order valence-corrected chi connectivity index (χ2v) is 45.0. The monoisotopic (exact) mass is 2190 g/mol. The minimum atomic E-state index is -0.311. The predicted molar refractivity (Wildman–Crippen MR) is 557 cm³/mol. The summed E-state index contributed by atoms with van der Waals surface area (Å²) >= 11 is 17.3. The molecule has 18 heterocycles. The van der Waals surface area contributed by atoms with Gasteiger partial charge >= 0.3 is 0 Å². The normalized spacial score (nSPS) is 17.4. The number of nitrogens with zero attached hydrogens (tertiary/aromatic N) is 14. The van der Waals surface area contributed by atoms with Crippen molar-refractivity contribution in [3.8, 4) is 62.1 Å². The van der Waals surface area contributed by atoms with Gasteiger partial charge in [0.1, 0.15) is 92.4 Å². The van der Waals surface area contributed by atoms with Crippen LogP contribution in [0.25, 0.3) is 33.4 Å². The first-order valence-electron chi connectivity index (χ1n) is 44.6. The van der Waals surface area contributed by atoms with Crippen molar-refractivity contribution < 1.29 is 57.2 Å². The van der Waals surface area contributed by atoms with Crippen LogP contribution < -0.4 is 75.2 Å². The summed E-state index contributed by atoms with van der Waals surface area (Å²) in [5.74, 6) is 3.71. The van der Waals surface area contributed by atoms with Gasteiger partial charge in [-0.05, 0) is 195 Å². The molecule has 1 atom stereocenters. The molecule has 0 bridgehead atoms. The third kappa shape index (κ3) is 22.2. The van der Waals surface area contributed by atoms with Crippen molar-refractivity contribution in [2.45, 2.75) is 157 Å². The topological polar surface area (TPSA) is 372 Å². The number of halogens is 4. The van der Waals surface area contributed by atoms with E-state index in [1.54, 1.807) is 18.6 Å². The highest BCUT2D eigenvalue weighted by atomic mass is 79.9. The quantitative estimate of drug-likeness (QED) is 0.0591. The van der Waals surface area contributed by atoms with Crippen molar-refractivity contribution in [1.29, 1.82) is 0 Å². The Bertz CT molecular complexity index is 6860. The van der Waals surface area contributed by atoms with Gasteiger partial charge in [0.05, 0.1) is 102 Å². The minimum Gasteiger partial charge on any atom is -0.490 e. The van der Waals surface area contributed by atoms with Gasteiger partial charge < -0.3 is 79.9 Å². The maximum Gasteiger partial charge on any atom is 0.270 e. The van der Waals surface area contributed by atoms with Crippen molar-refractivity contribution in [1.82, 2.24) is 81.3 Å². The SMILES string of the molecule is Brc1ccc2c(c1)NCCO2.C.C=CC(=O)n1cc(-c2ccc3c(c2)N(c2nc4c(s2)C(=O)NC(C)(C)C4)CCO3)cn1.CC1(C)Cc2nc(Br)sc2C(=O)N1.CC1(C)Cc2nc(N3CCOc4ccc(-c5cn[nH]c5)cc43)sc2C(=O)N1.CC1(C)Cc2nc(N3CCOc4ccc(Br)cc43)sc2C(=O)N1.CCOC(C)n1cc(-c2ccc3c(c2)N(c2nc4c(s2)C(=O)NC(C)(C)C4)CCO3)cn1.Cl. The number of benzene rings is 5. The lowest BCUT2D eigenvalue weighted by Gasteiger charge is -2.29. The standard InChI is InChI=1S/C23H27N5O3S.C22H21N5O3S.C19H19N5O2S.C16H16BrN3O2S.C8H9BrN2OS.C8H8BrNO.CH4.ClH/c1-5-30-14(2)28-13-16(12-24-28)15-6-7-19-18(10-15)27(8-9-31-19)22-25-17-11-23(3,4)26-21(29)20(17)32-22;1-4-18(28)27-12-14(11-23-27)13-5-6-17-16(9-13)26(7-8-30-17)21-24-15-10-22(2,3)25-20(29)19(15)31-21;1-19(2)8-13-16(17(25)23-19)27-18(22-13)24-5-6-26-15-4-3-11(7-14(15)24)12-9-20-21-10-12;1-16(2)8-10-13(14(21)19-16)23-15(18-10)20-5-6-22-12-4-3-9(17)7-11(12)20;1-8(2)3-4-5(6(12)11-8)13-7(9)10-4;9-6-1-2-8-7(5-6)10-3-4-11-8;;/h6-7,10,12-14H,5,8-9,11H2,1-4H3,(H,26,29);4-6,9,11-12H,1,7-8,10H2,2-3H3,(H,25,29);3-4,7,9-10H,5-6,8H2,1-2H3,(H,20,21)(H,23,25);3-4,7H,5-6,8H2,1-2H3,(H,19,21);3H2,1-2H3,(H,11,12);1-2,5,10H,3-4H2;1H4;1H. The number of nitrogens with one attached hydrogen (secondary N) is 7. The highest BCUT2D eigenvalue weighted by Crippen LogP contribution is 2.49. The zero-order chi connectivity index (χ0) is 96.3. The summed E-state index contributed by atoms with van der Waals surface area (Å²) in [6.45, 7) is 34.9. The molecule has 0 spiro atoms. The second kappa shape index (κ2) is 40.9. The number of fused-ring (bicyclic) bond motifs is 10. The van der Waals surface area contributed by atoms with Crippen LogP contribution in [-0.4, -0.2) is 190 Å². The third-order valence-corrected chi connectivity index (χ3v) is 30.4. The molecule has 8 aromatic heterocycles. The van der Waals surface area contributed by atoms with Gasteiger partial charge in [0.15, 0.2) is 24.4 Å². The van der Waals surface area contributed by atoms with Crippen LogP contribution in [0.15, 0.2) is 154 Å². The van der Waals surface area contributed by atoms with Crippen LogP contribution in [0, 0.1) is 0 Å². The first kappa shape index (κ1) is 100. The van der Waals surface area contributed by atoms with Crippen LogP contribution in [0.4, 0.5) is 49.0 Å². The van der Waals surface area contributed by atoms with E-state index in [0.29, 0.717) is 73.7 Å². The molecule has 0 aliphatic carbocycles. The van der Waals surface area contributed by atoms with E-state index in [2.05, 4.69) is 143 Å². The Morgan fingerprint density at radius 3 is 1.20 bits per heavy atom. The summed E-state index contributed by atoms with van der Waals surface area (Å²) in [6.07, 6.45) is 15.6. The molecule has 0 fully saturated rings. The van der Waals surface area contributed by atoms with E-state index >= 15 is 0 Å². The molecule has 33 nitrogen and oxygen atoms in total. The van der Waals surface area contributed by atoms with E-state index in [1.165, 1.54) is 67.4 Å². The first-order chi connectivity index (χ1) is 65.5. The number of thiazole rings is 5.